The lowest BCUT2D eigenvalue weighted by Crippen LogP contribution is -2.11. The summed E-state index contributed by atoms with van der Waals surface area (Å²) in [5.74, 6) is -0.231. The lowest BCUT2D eigenvalue weighted by atomic mass is 10.2. The summed E-state index contributed by atoms with van der Waals surface area (Å²) in [6.45, 7) is 1.12. The van der Waals surface area contributed by atoms with E-state index in [0.29, 0.717) is 11.3 Å². The smallest absolute Gasteiger partial charge is 0.396 e. The molecule has 1 aromatic heterocycles. The Hall–Kier alpha value is -2.35. The average molecular weight is 327 g/mol. The average Bonchev–Trinajstić information content (AvgIpc) is 2.81. The van der Waals surface area contributed by atoms with Crippen molar-refractivity contribution >= 4 is 11.6 Å². The number of aliphatic hydroxyl groups is 1. The molecule has 0 aliphatic carbocycles. The molecule has 0 saturated heterocycles. The maximum absolute atomic E-state index is 12.9. The van der Waals surface area contributed by atoms with E-state index < -0.39 is 11.9 Å². The van der Waals surface area contributed by atoms with Crippen LogP contribution < -0.4 is 5.32 Å². The Bertz CT molecular complexity index is 696. The van der Waals surface area contributed by atoms with Crippen LogP contribution >= 0.6 is 0 Å². The Morgan fingerprint density at radius 1 is 1.39 bits per heavy atom. The second kappa shape index (κ2) is 6.82. The molecule has 1 amide bonds. The number of hydrogen-bond donors (Lipinski definition) is 2. The predicted octanol–water partition coefficient (Wildman–Crippen LogP) is 2.44. The second-order valence-corrected chi connectivity index (χ2v) is 5.05. The van der Waals surface area contributed by atoms with Crippen LogP contribution in [0.3, 0.4) is 0 Å². The number of anilines is 1. The van der Waals surface area contributed by atoms with Gasteiger partial charge in [0.25, 0.3) is 0 Å². The number of hydrogen-bond acceptors (Lipinski definition) is 3. The normalized spacial score (nSPS) is 11.5. The van der Waals surface area contributed by atoms with Crippen molar-refractivity contribution in [3.8, 4) is 0 Å². The first kappa shape index (κ1) is 17.0. The van der Waals surface area contributed by atoms with E-state index in [1.54, 1.807) is 24.3 Å². The molecule has 8 heteroatoms. The molecule has 124 valence electrons. The van der Waals surface area contributed by atoms with Crippen molar-refractivity contribution in [1.29, 1.82) is 0 Å². The van der Waals surface area contributed by atoms with Gasteiger partial charge in [0.15, 0.2) is 5.69 Å². The molecule has 2 rings (SSSR count). The van der Waals surface area contributed by atoms with E-state index in [4.69, 9.17) is 5.11 Å². The first-order valence-corrected chi connectivity index (χ1v) is 6.90. The quantitative estimate of drug-likeness (QED) is 0.886. The minimum atomic E-state index is -4.56. The molecule has 0 unspecified atom stereocenters. The van der Waals surface area contributed by atoms with Gasteiger partial charge in [0.05, 0.1) is 6.54 Å². The Labute approximate surface area is 130 Å². The number of benzene rings is 1. The molecule has 1 aromatic carbocycles. The van der Waals surface area contributed by atoms with Gasteiger partial charge in [-0.3, -0.25) is 9.48 Å². The van der Waals surface area contributed by atoms with Crippen LogP contribution in [-0.2, 0) is 23.9 Å². The molecule has 0 aliphatic heterocycles. The summed E-state index contributed by atoms with van der Waals surface area (Å²) in [6, 6.07) is 6.78. The van der Waals surface area contributed by atoms with Gasteiger partial charge in [-0.1, -0.05) is 12.1 Å². The number of nitrogens with zero attached hydrogens (tertiary/aromatic N) is 2. The molecule has 23 heavy (non-hydrogen) atoms. The molecule has 5 nitrogen and oxygen atoms in total. The van der Waals surface area contributed by atoms with Crippen molar-refractivity contribution in [2.24, 2.45) is 0 Å². The van der Waals surface area contributed by atoms with Gasteiger partial charge in [-0.15, -0.1) is 0 Å². The van der Waals surface area contributed by atoms with Gasteiger partial charge in [0, 0.05) is 31.0 Å². The summed E-state index contributed by atoms with van der Waals surface area (Å²) < 4.78 is 40.0. The zero-order chi connectivity index (χ0) is 17.0. The summed E-state index contributed by atoms with van der Waals surface area (Å²) in [5, 5.41) is 15.1. The summed E-state index contributed by atoms with van der Waals surface area (Å²) in [4.78, 5) is 11.0. The maximum atomic E-state index is 12.9. The summed E-state index contributed by atoms with van der Waals surface area (Å²) >= 11 is 0. The fourth-order valence-electron chi connectivity index (χ4n) is 2.22. The van der Waals surface area contributed by atoms with Crippen LogP contribution in [0.2, 0.25) is 0 Å². The largest absolute Gasteiger partial charge is 0.435 e. The number of carbonyl (C=O) groups is 1. The van der Waals surface area contributed by atoms with Crippen LogP contribution in [0, 0.1) is 0 Å². The van der Waals surface area contributed by atoms with Crippen molar-refractivity contribution in [2.75, 3.05) is 11.9 Å². The van der Waals surface area contributed by atoms with Gasteiger partial charge in [0.2, 0.25) is 5.91 Å². The highest BCUT2D eigenvalue weighted by molar-refractivity contribution is 5.88. The zero-order valence-electron chi connectivity index (χ0n) is 12.4. The summed E-state index contributed by atoms with van der Waals surface area (Å²) in [6.07, 6.45) is -3.39. The monoisotopic (exact) mass is 327 g/mol. The third-order valence-corrected chi connectivity index (χ3v) is 3.08. The van der Waals surface area contributed by atoms with E-state index in [0.717, 1.165) is 0 Å². The number of halogens is 3. The van der Waals surface area contributed by atoms with Gasteiger partial charge in [-0.05, 0) is 24.1 Å². The number of amides is 1. The van der Waals surface area contributed by atoms with Gasteiger partial charge in [0.1, 0.15) is 0 Å². The summed E-state index contributed by atoms with van der Waals surface area (Å²) in [5.41, 5.74) is 0.236. The number of alkyl halides is 3. The standard InChI is InChI=1S/C15H16F3N3O2/c1-10(23)19-13-4-2-3-11(7-13)8-21-9-12(5-6-22)14(20-21)15(16,17)18/h2-4,7,9,22H,5-6,8H2,1H3,(H,19,23). The molecule has 1 heterocycles. The Morgan fingerprint density at radius 2 is 2.13 bits per heavy atom. The second-order valence-electron chi connectivity index (χ2n) is 5.05. The van der Waals surface area contributed by atoms with Gasteiger partial charge in [-0.25, -0.2) is 0 Å². The number of rotatable bonds is 5. The maximum Gasteiger partial charge on any atom is 0.435 e. The lowest BCUT2D eigenvalue weighted by molar-refractivity contribution is -0.142. The van der Waals surface area contributed by atoms with E-state index in [1.165, 1.54) is 17.8 Å². The van der Waals surface area contributed by atoms with Crippen LogP contribution in [0.4, 0.5) is 18.9 Å². The number of aliphatic hydroxyl groups excluding tert-OH is 1. The Balaban J connectivity index is 2.25. The minimum Gasteiger partial charge on any atom is -0.396 e. The number of carbonyl (C=O) groups excluding carboxylic acids is 1. The van der Waals surface area contributed by atoms with Gasteiger partial charge in [-0.2, -0.15) is 18.3 Å². The van der Waals surface area contributed by atoms with E-state index in [-0.39, 0.29) is 31.0 Å². The van der Waals surface area contributed by atoms with Crippen LogP contribution in [0.1, 0.15) is 23.7 Å². The van der Waals surface area contributed by atoms with Crippen LogP contribution in [-0.4, -0.2) is 27.4 Å². The van der Waals surface area contributed by atoms with Crippen LogP contribution in [0.5, 0.6) is 0 Å². The van der Waals surface area contributed by atoms with Crippen molar-refractivity contribution < 1.29 is 23.1 Å². The van der Waals surface area contributed by atoms with E-state index in [9.17, 15) is 18.0 Å². The summed E-state index contributed by atoms with van der Waals surface area (Å²) in [7, 11) is 0. The van der Waals surface area contributed by atoms with Crippen molar-refractivity contribution in [1.82, 2.24) is 9.78 Å². The lowest BCUT2D eigenvalue weighted by Gasteiger charge is -2.06. The van der Waals surface area contributed by atoms with Gasteiger partial charge >= 0.3 is 6.18 Å². The van der Waals surface area contributed by atoms with Crippen LogP contribution in [0.25, 0.3) is 0 Å². The molecule has 0 spiro atoms. The highest BCUT2D eigenvalue weighted by Crippen LogP contribution is 2.31. The Kier molecular flexibility index (Phi) is 5.05. The first-order valence-electron chi connectivity index (χ1n) is 6.90. The first-order chi connectivity index (χ1) is 10.8. The molecule has 2 aromatic rings. The van der Waals surface area contributed by atoms with Crippen molar-refractivity contribution in [3.05, 3.63) is 47.3 Å². The molecule has 0 saturated carbocycles. The molecular weight excluding hydrogens is 311 g/mol. The highest BCUT2D eigenvalue weighted by atomic mass is 19.4. The SMILES string of the molecule is CC(=O)Nc1cccc(Cn2cc(CCO)c(C(F)(F)F)n2)c1. The fraction of sp³-hybridized carbons (Fsp3) is 0.333. The third kappa shape index (κ3) is 4.56. The van der Waals surface area contributed by atoms with Gasteiger partial charge < -0.3 is 10.4 Å². The number of nitrogens with one attached hydrogen (secondary N) is 1. The fourth-order valence-corrected chi connectivity index (χ4v) is 2.22. The molecule has 0 radical (unpaired) electrons. The van der Waals surface area contributed by atoms with Crippen molar-refractivity contribution in [2.45, 2.75) is 26.1 Å². The minimum absolute atomic E-state index is 0.0435. The molecule has 0 fully saturated rings. The molecule has 2 N–H and O–H groups in total. The molecule has 0 bridgehead atoms. The molecular formula is C15H16F3N3O2. The van der Waals surface area contributed by atoms with E-state index >= 15 is 0 Å². The number of aromatic nitrogens is 2. The highest BCUT2D eigenvalue weighted by Gasteiger charge is 2.36. The predicted molar refractivity (Wildman–Crippen MR) is 77.9 cm³/mol. The zero-order valence-corrected chi connectivity index (χ0v) is 12.4. The van der Waals surface area contributed by atoms with Crippen molar-refractivity contribution in [3.63, 3.8) is 0 Å². The molecule has 0 atom stereocenters. The topological polar surface area (TPSA) is 67.2 Å². The van der Waals surface area contributed by atoms with E-state index in [2.05, 4.69) is 10.4 Å². The third-order valence-electron chi connectivity index (χ3n) is 3.08. The van der Waals surface area contributed by atoms with E-state index in [1.807, 2.05) is 0 Å². The van der Waals surface area contributed by atoms with Crippen LogP contribution in [0.15, 0.2) is 30.5 Å². The Morgan fingerprint density at radius 3 is 2.74 bits per heavy atom. The molecule has 0 aliphatic rings.